The summed E-state index contributed by atoms with van der Waals surface area (Å²) in [6.45, 7) is 4.41. The van der Waals surface area contributed by atoms with Crippen LogP contribution in [0.5, 0.6) is 0 Å². The number of ether oxygens (including phenoxy) is 1. The van der Waals surface area contributed by atoms with Crippen molar-refractivity contribution in [3.05, 3.63) is 35.9 Å². The number of hydrogen-bond donors (Lipinski definition) is 1. The second-order valence-corrected chi connectivity index (χ2v) is 5.83. The number of likely N-dealkylation sites (N-methyl/N-ethyl adjacent to an activating group) is 1. The third-order valence-corrected chi connectivity index (χ3v) is 4.48. The largest absolute Gasteiger partial charge is 0.464 e. The van der Waals surface area contributed by atoms with E-state index in [1.54, 1.807) is 0 Å². The summed E-state index contributed by atoms with van der Waals surface area (Å²) in [5.74, 6) is 1.87. The lowest BCUT2D eigenvalue weighted by atomic mass is 9.87. The van der Waals surface area contributed by atoms with Crippen molar-refractivity contribution < 1.29 is 9.53 Å². The Kier molecular flexibility index (Phi) is 7.70. The van der Waals surface area contributed by atoms with E-state index in [9.17, 15) is 4.79 Å². The highest BCUT2D eigenvalue weighted by Gasteiger charge is 2.39. The molecule has 20 heavy (non-hydrogen) atoms. The summed E-state index contributed by atoms with van der Waals surface area (Å²) in [5, 5.41) is 3.21. The quantitative estimate of drug-likeness (QED) is 0.561. The lowest BCUT2D eigenvalue weighted by Gasteiger charge is -2.31. The molecule has 112 valence electrons. The van der Waals surface area contributed by atoms with E-state index >= 15 is 0 Å². The van der Waals surface area contributed by atoms with Crippen LogP contribution in [0, 0.1) is 0 Å². The Hall–Kier alpha value is -1.00. The zero-order valence-corrected chi connectivity index (χ0v) is 13.5. The van der Waals surface area contributed by atoms with Gasteiger partial charge in [-0.2, -0.15) is 11.8 Å². The molecule has 0 aliphatic heterocycles. The molecule has 4 heteroatoms. The Morgan fingerprint density at radius 1 is 1.25 bits per heavy atom. The Morgan fingerprint density at radius 3 is 2.50 bits per heavy atom. The van der Waals surface area contributed by atoms with Gasteiger partial charge in [-0.15, -0.1) is 0 Å². The van der Waals surface area contributed by atoms with E-state index in [0.29, 0.717) is 6.61 Å². The molecule has 1 aromatic carbocycles. The second-order valence-electron chi connectivity index (χ2n) is 4.60. The molecule has 0 saturated carbocycles. The first-order chi connectivity index (χ1) is 9.71. The smallest absolute Gasteiger partial charge is 0.331 e. The lowest BCUT2D eigenvalue weighted by Crippen LogP contribution is -2.49. The summed E-state index contributed by atoms with van der Waals surface area (Å²) in [6.07, 6.45) is 1.89. The molecular formula is C16H25NO2S. The Bertz CT molecular complexity index is 397. The number of rotatable bonds is 9. The number of thioether (sulfide) groups is 1. The van der Waals surface area contributed by atoms with E-state index in [2.05, 4.69) is 12.2 Å². The van der Waals surface area contributed by atoms with Crippen molar-refractivity contribution in [2.45, 2.75) is 32.2 Å². The average Bonchev–Trinajstić information content (AvgIpc) is 2.49. The van der Waals surface area contributed by atoms with Gasteiger partial charge in [0.15, 0.2) is 0 Å². The van der Waals surface area contributed by atoms with Crippen molar-refractivity contribution in [1.29, 1.82) is 0 Å². The summed E-state index contributed by atoms with van der Waals surface area (Å²) in [6, 6.07) is 9.84. The minimum absolute atomic E-state index is 0.189. The predicted octanol–water partition coefficient (Wildman–Crippen LogP) is 3.20. The summed E-state index contributed by atoms with van der Waals surface area (Å²) in [5.41, 5.74) is 0.232. The number of carbonyl (C=O) groups is 1. The lowest BCUT2D eigenvalue weighted by molar-refractivity contribution is -0.151. The minimum atomic E-state index is -0.738. The van der Waals surface area contributed by atoms with Crippen LogP contribution in [0.15, 0.2) is 30.3 Å². The fraction of sp³-hybridized carbons (Fsp3) is 0.562. The van der Waals surface area contributed by atoms with Gasteiger partial charge in [-0.3, -0.25) is 0 Å². The fourth-order valence-corrected chi connectivity index (χ4v) is 3.13. The number of esters is 1. The van der Waals surface area contributed by atoms with Crippen LogP contribution in [-0.2, 0) is 15.1 Å². The van der Waals surface area contributed by atoms with E-state index in [1.165, 1.54) is 0 Å². The van der Waals surface area contributed by atoms with E-state index < -0.39 is 5.54 Å². The number of nitrogens with one attached hydrogen (secondary N) is 1. The number of hydrogen-bond acceptors (Lipinski definition) is 4. The third kappa shape index (κ3) is 4.25. The van der Waals surface area contributed by atoms with Crippen molar-refractivity contribution in [3.8, 4) is 0 Å². The zero-order chi connectivity index (χ0) is 14.8. The van der Waals surface area contributed by atoms with Crippen molar-refractivity contribution in [2.75, 3.05) is 25.2 Å². The maximum atomic E-state index is 12.5. The van der Waals surface area contributed by atoms with Gasteiger partial charge >= 0.3 is 5.97 Å². The maximum Gasteiger partial charge on any atom is 0.331 e. The number of carbonyl (C=O) groups excluding carboxylic acids is 1. The third-order valence-electron chi connectivity index (χ3n) is 3.29. The first-order valence-electron chi connectivity index (χ1n) is 7.20. The van der Waals surface area contributed by atoms with Gasteiger partial charge in [0.1, 0.15) is 5.54 Å². The van der Waals surface area contributed by atoms with Crippen molar-refractivity contribution in [2.24, 2.45) is 0 Å². The second kappa shape index (κ2) is 9.03. The maximum absolute atomic E-state index is 12.5. The van der Waals surface area contributed by atoms with Gasteiger partial charge in [0.2, 0.25) is 0 Å². The highest BCUT2D eigenvalue weighted by atomic mass is 32.2. The Balaban J connectivity index is 2.94. The molecule has 0 spiro atoms. The normalized spacial score (nSPS) is 13.8. The van der Waals surface area contributed by atoms with Crippen LogP contribution in [0.2, 0.25) is 0 Å². The van der Waals surface area contributed by atoms with E-state index in [-0.39, 0.29) is 5.97 Å². The molecule has 0 heterocycles. The molecule has 3 nitrogen and oxygen atoms in total. The molecular weight excluding hydrogens is 270 g/mol. The van der Waals surface area contributed by atoms with Crippen LogP contribution in [0.4, 0.5) is 0 Å². The summed E-state index contributed by atoms with van der Waals surface area (Å²) >= 11 is 1.88. The van der Waals surface area contributed by atoms with Gasteiger partial charge in [0.25, 0.3) is 0 Å². The molecule has 1 unspecified atom stereocenters. The molecule has 1 aromatic rings. The Labute approximate surface area is 126 Å². The van der Waals surface area contributed by atoms with Crippen molar-refractivity contribution >= 4 is 17.7 Å². The summed E-state index contributed by atoms with van der Waals surface area (Å²) in [4.78, 5) is 12.5. The van der Waals surface area contributed by atoms with Crippen LogP contribution in [0.1, 0.15) is 32.3 Å². The van der Waals surface area contributed by atoms with Crippen LogP contribution in [0.25, 0.3) is 0 Å². The highest BCUT2D eigenvalue weighted by Crippen LogP contribution is 2.28. The van der Waals surface area contributed by atoms with Gasteiger partial charge in [-0.25, -0.2) is 4.79 Å². The molecule has 0 saturated heterocycles. The van der Waals surface area contributed by atoms with Gasteiger partial charge in [0, 0.05) is 0 Å². The van der Waals surface area contributed by atoms with Crippen molar-refractivity contribution in [1.82, 2.24) is 5.32 Å². The molecule has 0 aliphatic rings. The SMILES string of the molecule is CCCSCCC(NC)(C(=O)OCC)c1ccccc1. The average molecular weight is 295 g/mol. The highest BCUT2D eigenvalue weighted by molar-refractivity contribution is 7.99. The summed E-state index contributed by atoms with van der Waals surface area (Å²) < 4.78 is 5.30. The standard InChI is InChI=1S/C16H25NO2S/c1-4-12-20-13-11-16(17-3,15(18)19-5-2)14-9-7-6-8-10-14/h6-10,17H,4-5,11-13H2,1-3H3. The fourth-order valence-electron chi connectivity index (χ4n) is 2.18. The molecule has 0 fully saturated rings. The van der Waals surface area contributed by atoms with Gasteiger partial charge in [0.05, 0.1) is 6.61 Å². The zero-order valence-electron chi connectivity index (χ0n) is 12.6. The van der Waals surface area contributed by atoms with E-state index in [0.717, 1.165) is 29.9 Å². The monoisotopic (exact) mass is 295 g/mol. The Morgan fingerprint density at radius 2 is 1.95 bits per heavy atom. The topological polar surface area (TPSA) is 38.3 Å². The number of benzene rings is 1. The molecule has 0 radical (unpaired) electrons. The van der Waals surface area contributed by atoms with Crippen molar-refractivity contribution in [3.63, 3.8) is 0 Å². The minimum Gasteiger partial charge on any atom is -0.464 e. The molecule has 1 N–H and O–H groups in total. The van der Waals surface area contributed by atoms with Crippen LogP contribution in [0.3, 0.4) is 0 Å². The van der Waals surface area contributed by atoms with Gasteiger partial charge in [-0.05, 0) is 43.9 Å². The van der Waals surface area contributed by atoms with Crippen LogP contribution in [-0.4, -0.2) is 31.1 Å². The molecule has 0 aliphatic carbocycles. The van der Waals surface area contributed by atoms with E-state index in [4.69, 9.17) is 4.74 Å². The van der Waals surface area contributed by atoms with Crippen LogP contribution >= 0.6 is 11.8 Å². The van der Waals surface area contributed by atoms with Gasteiger partial charge in [-0.1, -0.05) is 37.3 Å². The molecule has 0 amide bonds. The molecule has 0 aromatic heterocycles. The molecule has 0 bridgehead atoms. The van der Waals surface area contributed by atoms with E-state index in [1.807, 2.05) is 56.1 Å². The molecule has 1 atom stereocenters. The first-order valence-corrected chi connectivity index (χ1v) is 8.36. The summed E-state index contributed by atoms with van der Waals surface area (Å²) in [7, 11) is 1.83. The van der Waals surface area contributed by atoms with Gasteiger partial charge < -0.3 is 10.1 Å². The first kappa shape index (κ1) is 17.1. The predicted molar refractivity (Wildman–Crippen MR) is 86.0 cm³/mol. The molecule has 1 rings (SSSR count). The van der Waals surface area contributed by atoms with Crippen LogP contribution < -0.4 is 5.32 Å².